The molecular formula is C9H7F2NO5. The second-order valence-corrected chi connectivity index (χ2v) is 2.86. The summed E-state index contributed by atoms with van der Waals surface area (Å²) in [6.07, 6.45) is 0. The molecule has 6 nitrogen and oxygen atoms in total. The Bertz CT molecular complexity index is 463. The van der Waals surface area contributed by atoms with Crippen molar-refractivity contribution in [3.63, 3.8) is 0 Å². The summed E-state index contributed by atoms with van der Waals surface area (Å²) in [6.45, 7) is -0.620. The van der Waals surface area contributed by atoms with Gasteiger partial charge in [-0.1, -0.05) is 0 Å². The van der Waals surface area contributed by atoms with Gasteiger partial charge < -0.3 is 9.47 Å². The van der Waals surface area contributed by atoms with E-state index in [-0.39, 0.29) is 0 Å². The Hall–Kier alpha value is -2.25. The van der Waals surface area contributed by atoms with Crippen LogP contribution in [-0.4, -0.2) is 24.6 Å². The van der Waals surface area contributed by atoms with E-state index in [9.17, 15) is 23.7 Å². The first-order valence-electron chi connectivity index (χ1n) is 4.28. The van der Waals surface area contributed by atoms with Crippen molar-refractivity contribution in [2.75, 3.05) is 13.7 Å². The first-order valence-corrected chi connectivity index (χ1v) is 4.28. The van der Waals surface area contributed by atoms with E-state index < -0.39 is 40.6 Å². The number of ether oxygens (including phenoxy) is 2. The molecule has 1 aromatic rings. The lowest BCUT2D eigenvalue weighted by molar-refractivity contribution is -0.387. The molecule has 0 aliphatic carbocycles. The van der Waals surface area contributed by atoms with E-state index in [1.807, 2.05) is 0 Å². The zero-order chi connectivity index (χ0) is 13.0. The van der Waals surface area contributed by atoms with Crippen LogP contribution in [0.4, 0.5) is 14.5 Å². The van der Waals surface area contributed by atoms with Gasteiger partial charge in [-0.2, -0.15) is 4.39 Å². The first-order chi connectivity index (χ1) is 7.95. The molecule has 17 heavy (non-hydrogen) atoms. The van der Waals surface area contributed by atoms with E-state index in [1.54, 1.807) is 0 Å². The number of rotatable bonds is 4. The molecule has 0 aromatic heterocycles. The Kier molecular flexibility index (Phi) is 3.91. The van der Waals surface area contributed by atoms with Crippen molar-refractivity contribution < 1.29 is 28.0 Å². The first kappa shape index (κ1) is 12.8. The number of esters is 1. The number of hydrogen-bond donors (Lipinski definition) is 0. The van der Waals surface area contributed by atoms with Gasteiger partial charge in [-0.3, -0.25) is 10.1 Å². The van der Waals surface area contributed by atoms with Gasteiger partial charge in [-0.05, 0) is 0 Å². The van der Waals surface area contributed by atoms with Gasteiger partial charge in [0, 0.05) is 6.07 Å². The predicted molar refractivity (Wildman–Crippen MR) is 50.5 cm³/mol. The number of hydrogen-bond acceptors (Lipinski definition) is 5. The van der Waals surface area contributed by atoms with Gasteiger partial charge in [-0.15, -0.1) is 0 Å². The van der Waals surface area contributed by atoms with Crippen LogP contribution in [0.1, 0.15) is 0 Å². The van der Waals surface area contributed by atoms with Crippen LogP contribution >= 0.6 is 0 Å². The Morgan fingerprint density at radius 2 is 2.06 bits per heavy atom. The number of benzene rings is 1. The molecule has 92 valence electrons. The van der Waals surface area contributed by atoms with Gasteiger partial charge in [-0.25, -0.2) is 9.18 Å². The van der Waals surface area contributed by atoms with Gasteiger partial charge in [0.15, 0.2) is 18.2 Å². The van der Waals surface area contributed by atoms with Crippen molar-refractivity contribution in [1.29, 1.82) is 0 Å². The average molecular weight is 247 g/mol. The molecule has 0 bridgehead atoms. The fourth-order valence-corrected chi connectivity index (χ4v) is 0.964. The number of methoxy groups -OCH3 is 1. The molecule has 0 aliphatic rings. The predicted octanol–water partition coefficient (Wildman–Crippen LogP) is 1.42. The summed E-state index contributed by atoms with van der Waals surface area (Å²) < 4.78 is 35.1. The third-order valence-corrected chi connectivity index (χ3v) is 1.77. The van der Waals surface area contributed by atoms with Crippen LogP contribution in [0.5, 0.6) is 5.75 Å². The molecule has 0 fully saturated rings. The highest BCUT2D eigenvalue weighted by Gasteiger charge is 2.19. The maximum atomic E-state index is 13.2. The van der Waals surface area contributed by atoms with Crippen molar-refractivity contribution >= 4 is 11.7 Å². The van der Waals surface area contributed by atoms with Crippen LogP contribution in [0.25, 0.3) is 0 Å². The van der Waals surface area contributed by atoms with Crippen molar-refractivity contribution in [2.45, 2.75) is 0 Å². The van der Waals surface area contributed by atoms with Gasteiger partial charge in [0.2, 0.25) is 5.82 Å². The fraction of sp³-hybridized carbons (Fsp3) is 0.222. The van der Waals surface area contributed by atoms with E-state index in [2.05, 4.69) is 9.47 Å². The third-order valence-electron chi connectivity index (χ3n) is 1.77. The highest BCUT2D eigenvalue weighted by Crippen LogP contribution is 2.26. The Labute approximate surface area is 93.9 Å². The summed E-state index contributed by atoms with van der Waals surface area (Å²) in [4.78, 5) is 19.9. The van der Waals surface area contributed by atoms with Crippen molar-refractivity contribution in [3.8, 4) is 5.75 Å². The summed E-state index contributed by atoms with van der Waals surface area (Å²) in [7, 11) is 1.10. The normalized spacial score (nSPS) is 9.82. The number of nitro groups is 1. The molecule has 8 heteroatoms. The zero-order valence-electron chi connectivity index (χ0n) is 8.61. The molecule has 0 radical (unpaired) electrons. The van der Waals surface area contributed by atoms with Crippen molar-refractivity contribution in [3.05, 3.63) is 33.9 Å². The van der Waals surface area contributed by atoms with Crippen molar-refractivity contribution in [1.82, 2.24) is 0 Å². The lowest BCUT2D eigenvalue weighted by atomic mass is 10.3. The molecule has 1 aromatic carbocycles. The molecule has 0 aliphatic heterocycles. The number of halogens is 2. The van der Waals surface area contributed by atoms with E-state index in [1.165, 1.54) is 0 Å². The van der Waals surface area contributed by atoms with Gasteiger partial charge in [0.1, 0.15) is 0 Å². The van der Waals surface area contributed by atoms with Gasteiger partial charge in [0.25, 0.3) is 0 Å². The van der Waals surface area contributed by atoms with E-state index in [4.69, 9.17) is 0 Å². The second kappa shape index (κ2) is 5.19. The summed E-state index contributed by atoms with van der Waals surface area (Å²) in [5.74, 6) is -3.78. The van der Waals surface area contributed by atoms with Crippen LogP contribution in [0, 0.1) is 21.7 Å². The summed E-state index contributed by atoms with van der Waals surface area (Å²) in [5.41, 5.74) is -1.01. The lowest BCUT2D eigenvalue weighted by Crippen LogP contribution is -2.13. The summed E-state index contributed by atoms with van der Waals surface area (Å²) >= 11 is 0. The quantitative estimate of drug-likeness (QED) is 0.456. The SMILES string of the molecule is COC(=O)COc1cc(F)c([N+](=O)[O-])cc1F. The Morgan fingerprint density at radius 1 is 1.41 bits per heavy atom. The molecule has 0 spiro atoms. The average Bonchev–Trinajstić information content (AvgIpc) is 2.28. The molecule has 0 heterocycles. The summed E-state index contributed by atoms with van der Waals surface area (Å²) in [6, 6.07) is 0.873. The molecule has 0 unspecified atom stereocenters. The minimum atomic E-state index is -1.25. The minimum Gasteiger partial charge on any atom is -0.479 e. The van der Waals surface area contributed by atoms with E-state index in [0.717, 1.165) is 7.11 Å². The topological polar surface area (TPSA) is 78.7 Å². The maximum absolute atomic E-state index is 13.2. The molecular weight excluding hydrogens is 240 g/mol. The van der Waals surface area contributed by atoms with Gasteiger partial charge >= 0.3 is 11.7 Å². The molecule has 0 atom stereocenters. The van der Waals surface area contributed by atoms with Crippen LogP contribution < -0.4 is 4.74 Å². The Balaban J connectivity index is 2.92. The number of nitro benzene ring substituents is 1. The maximum Gasteiger partial charge on any atom is 0.343 e. The molecule has 0 saturated carbocycles. The molecule has 0 N–H and O–H groups in total. The number of carbonyl (C=O) groups is 1. The number of carbonyl (C=O) groups excluding carboxylic acids is 1. The standard InChI is InChI=1S/C9H7F2NO5/c1-16-9(13)4-17-8-3-5(10)7(12(14)15)2-6(8)11/h2-3H,4H2,1H3. The summed E-state index contributed by atoms with van der Waals surface area (Å²) in [5, 5.41) is 10.3. The fourth-order valence-electron chi connectivity index (χ4n) is 0.964. The van der Waals surface area contributed by atoms with Crippen LogP contribution in [0.15, 0.2) is 12.1 Å². The van der Waals surface area contributed by atoms with Crippen LogP contribution in [-0.2, 0) is 9.53 Å². The Morgan fingerprint density at radius 3 is 2.59 bits per heavy atom. The zero-order valence-corrected chi connectivity index (χ0v) is 8.61. The third kappa shape index (κ3) is 3.10. The highest BCUT2D eigenvalue weighted by atomic mass is 19.1. The highest BCUT2D eigenvalue weighted by molar-refractivity contribution is 5.70. The molecule has 0 amide bonds. The second-order valence-electron chi connectivity index (χ2n) is 2.86. The van der Waals surface area contributed by atoms with E-state index in [0.29, 0.717) is 12.1 Å². The molecule has 1 rings (SSSR count). The van der Waals surface area contributed by atoms with Crippen LogP contribution in [0.2, 0.25) is 0 Å². The van der Waals surface area contributed by atoms with Gasteiger partial charge in [0.05, 0.1) is 18.1 Å². The monoisotopic (exact) mass is 247 g/mol. The lowest BCUT2D eigenvalue weighted by Gasteiger charge is -2.05. The van der Waals surface area contributed by atoms with E-state index >= 15 is 0 Å². The smallest absolute Gasteiger partial charge is 0.343 e. The number of nitrogens with zero attached hydrogens (tertiary/aromatic N) is 1. The largest absolute Gasteiger partial charge is 0.479 e. The van der Waals surface area contributed by atoms with Crippen molar-refractivity contribution in [2.24, 2.45) is 0 Å². The van der Waals surface area contributed by atoms with Crippen LogP contribution in [0.3, 0.4) is 0 Å². The minimum absolute atomic E-state index is 0.377. The molecule has 0 saturated heterocycles.